The van der Waals surface area contributed by atoms with Crippen molar-refractivity contribution in [2.45, 2.75) is 32.9 Å². The molecule has 0 aliphatic carbocycles. The van der Waals surface area contributed by atoms with Crippen LogP contribution in [0.1, 0.15) is 20.3 Å². The standard InChI is InChI=1S/C14H26N4/c1-13(2)17-8-5-14(12-17)11-16(3)9-10-18-7-4-6-15-18/h4,6-7,13-14H,5,8-12H2,1-3H3. The predicted octanol–water partition coefficient (Wildman–Crippen LogP) is 1.55. The Bertz CT molecular complexity index is 334. The number of likely N-dealkylation sites (tertiary alicyclic amines) is 1. The van der Waals surface area contributed by atoms with Crippen molar-refractivity contribution in [1.82, 2.24) is 19.6 Å². The van der Waals surface area contributed by atoms with Crippen LogP contribution in [0.5, 0.6) is 0 Å². The number of rotatable bonds is 6. The first-order chi connectivity index (χ1) is 8.65. The van der Waals surface area contributed by atoms with Crippen LogP contribution in [0.25, 0.3) is 0 Å². The van der Waals surface area contributed by atoms with Crippen LogP contribution in [0.3, 0.4) is 0 Å². The fourth-order valence-corrected chi connectivity index (χ4v) is 2.72. The highest BCUT2D eigenvalue weighted by Crippen LogP contribution is 2.19. The van der Waals surface area contributed by atoms with Crippen molar-refractivity contribution in [3.8, 4) is 0 Å². The summed E-state index contributed by atoms with van der Waals surface area (Å²) in [5.74, 6) is 0.843. The third kappa shape index (κ3) is 3.82. The number of hydrogen-bond acceptors (Lipinski definition) is 3. The molecule has 2 rings (SSSR count). The zero-order chi connectivity index (χ0) is 13.0. The summed E-state index contributed by atoms with van der Waals surface area (Å²) < 4.78 is 2.01. The molecule has 0 aromatic carbocycles. The molecule has 102 valence electrons. The van der Waals surface area contributed by atoms with Crippen LogP contribution < -0.4 is 0 Å². The van der Waals surface area contributed by atoms with Gasteiger partial charge in [0.1, 0.15) is 0 Å². The summed E-state index contributed by atoms with van der Waals surface area (Å²) in [7, 11) is 2.22. The molecule has 0 spiro atoms. The van der Waals surface area contributed by atoms with Gasteiger partial charge in [0.15, 0.2) is 0 Å². The number of aromatic nitrogens is 2. The molecular weight excluding hydrogens is 224 g/mol. The largest absolute Gasteiger partial charge is 0.304 e. The van der Waals surface area contributed by atoms with Crippen molar-refractivity contribution >= 4 is 0 Å². The molecule has 0 radical (unpaired) electrons. The first-order valence-corrected chi connectivity index (χ1v) is 7.05. The molecule has 1 aliphatic rings. The number of hydrogen-bond donors (Lipinski definition) is 0. The van der Waals surface area contributed by atoms with Crippen LogP contribution in [0.4, 0.5) is 0 Å². The van der Waals surface area contributed by atoms with Crippen molar-refractivity contribution in [2.24, 2.45) is 5.92 Å². The molecule has 1 atom stereocenters. The van der Waals surface area contributed by atoms with Gasteiger partial charge in [-0.15, -0.1) is 0 Å². The van der Waals surface area contributed by atoms with Crippen LogP contribution in [-0.4, -0.2) is 58.8 Å². The van der Waals surface area contributed by atoms with Crippen LogP contribution in [0, 0.1) is 5.92 Å². The third-order valence-corrected chi connectivity index (χ3v) is 3.89. The summed E-state index contributed by atoms with van der Waals surface area (Å²) >= 11 is 0. The average Bonchev–Trinajstić information content (AvgIpc) is 2.96. The van der Waals surface area contributed by atoms with Crippen molar-refractivity contribution < 1.29 is 0 Å². The van der Waals surface area contributed by atoms with Gasteiger partial charge < -0.3 is 9.80 Å². The van der Waals surface area contributed by atoms with Gasteiger partial charge in [-0.25, -0.2) is 0 Å². The Hall–Kier alpha value is -0.870. The smallest absolute Gasteiger partial charge is 0.0536 e. The Morgan fingerprint density at radius 1 is 1.44 bits per heavy atom. The molecule has 1 fully saturated rings. The second-order valence-corrected chi connectivity index (χ2v) is 5.77. The van der Waals surface area contributed by atoms with Gasteiger partial charge in [0.2, 0.25) is 0 Å². The normalized spacial score (nSPS) is 21.3. The molecule has 1 aromatic rings. The summed E-state index contributed by atoms with van der Waals surface area (Å²) in [6, 6.07) is 2.68. The minimum Gasteiger partial charge on any atom is -0.304 e. The maximum absolute atomic E-state index is 4.24. The molecule has 2 heterocycles. The number of nitrogens with zero attached hydrogens (tertiary/aromatic N) is 4. The van der Waals surface area contributed by atoms with E-state index >= 15 is 0 Å². The molecule has 0 saturated carbocycles. The van der Waals surface area contributed by atoms with Gasteiger partial charge in [-0.2, -0.15) is 5.10 Å². The van der Waals surface area contributed by atoms with Gasteiger partial charge in [-0.05, 0) is 45.8 Å². The van der Waals surface area contributed by atoms with Crippen molar-refractivity contribution in [2.75, 3.05) is 33.2 Å². The Morgan fingerprint density at radius 2 is 2.28 bits per heavy atom. The predicted molar refractivity (Wildman–Crippen MR) is 74.5 cm³/mol. The lowest BCUT2D eigenvalue weighted by molar-refractivity contribution is 0.233. The first-order valence-electron chi connectivity index (χ1n) is 7.05. The summed E-state index contributed by atoms with van der Waals surface area (Å²) in [5, 5.41) is 4.24. The van der Waals surface area contributed by atoms with Crippen LogP contribution in [0.15, 0.2) is 18.5 Å². The third-order valence-electron chi connectivity index (χ3n) is 3.89. The zero-order valence-corrected chi connectivity index (χ0v) is 11.9. The zero-order valence-electron chi connectivity index (χ0n) is 11.9. The lowest BCUT2D eigenvalue weighted by Crippen LogP contribution is -2.32. The highest BCUT2D eigenvalue weighted by molar-refractivity contribution is 4.80. The van der Waals surface area contributed by atoms with Gasteiger partial charge in [-0.3, -0.25) is 4.68 Å². The highest BCUT2D eigenvalue weighted by Gasteiger charge is 2.24. The monoisotopic (exact) mass is 250 g/mol. The highest BCUT2D eigenvalue weighted by atomic mass is 15.3. The Balaban J connectivity index is 1.67. The maximum Gasteiger partial charge on any atom is 0.0536 e. The van der Waals surface area contributed by atoms with Crippen molar-refractivity contribution in [3.63, 3.8) is 0 Å². The molecular formula is C14H26N4. The molecule has 4 heteroatoms. The topological polar surface area (TPSA) is 24.3 Å². The lowest BCUT2D eigenvalue weighted by Gasteiger charge is -2.23. The summed E-state index contributed by atoms with van der Waals surface area (Å²) in [5.41, 5.74) is 0. The summed E-state index contributed by atoms with van der Waals surface area (Å²) in [6.45, 7) is 10.4. The van der Waals surface area contributed by atoms with Gasteiger partial charge in [0.05, 0.1) is 6.54 Å². The molecule has 1 aliphatic heterocycles. The molecule has 1 unspecified atom stereocenters. The van der Waals surface area contributed by atoms with E-state index in [4.69, 9.17) is 0 Å². The fourth-order valence-electron chi connectivity index (χ4n) is 2.72. The molecule has 1 saturated heterocycles. The molecule has 1 aromatic heterocycles. The molecule has 0 bridgehead atoms. The van der Waals surface area contributed by atoms with Crippen LogP contribution in [-0.2, 0) is 6.54 Å². The van der Waals surface area contributed by atoms with Crippen LogP contribution >= 0.6 is 0 Å². The van der Waals surface area contributed by atoms with Crippen molar-refractivity contribution in [1.29, 1.82) is 0 Å². The van der Waals surface area contributed by atoms with E-state index in [1.165, 1.54) is 26.1 Å². The second kappa shape index (κ2) is 6.34. The fraction of sp³-hybridized carbons (Fsp3) is 0.786. The Labute approximate surface area is 111 Å². The molecule has 0 amide bonds. The SMILES string of the molecule is CC(C)N1CCC(CN(C)CCn2cccn2)C1. The average molecular weight is 250 g/mol. The van der Waals surface area contributed by atoms with E-state index in [9.17, 15) is 0 Å². The Morgan fingerprint density at radius 3 is 2.89 bits per heavy atom. The van der Waals surface area contributed by atoms with E-state index in [1.54, 1.807) is 0 Å². The second-order valence-electron chi connectivity index (χ2n) is 5.77. The molecule has 18 heavy (non-hydrogen) atoms. The quantitative estimate of drug-likeness (QED) is 0.765. The molecule has 0 N–H and O–H groups in total. The lowest BCUT2D eigenvalue weighted by atomic mass is 10.1. The van der Waals surface area contributed by atoms with Crippen molar-refractivity contribution in [3.05, 3.63) is 18.5 Å². The minimum absolute atomic E-state index is 0.699. The molecule has 4 nitrogen and oxygen atoms in total. The van der Waals surface area contributed by atoms with Crippen LogP contribution in [0.2, 0.25) is 0 Å². The van der Waals surface area contributed by atoms with E-state index in [2.05, 4.69) is 35.8 Å². The minimum atomic E-state index is 0.699. The van der Waals surface area contributed by atoms with E-state index in [0.29, 0.717) is 6.04 Å². The van der Waals surface area contributed by atoms with E-state index < -0.39 is 0 Å². The van der Waals surface area contributed by atoms with Gasteiger partial charge >= 0.3 is 0 Å². The summed E-state index contributed by atoms with van der Waals surface area (Å²) in [4.78, 5) is 5.03. The maximum atomic E-state index is 4.24. The first kappa shape index (κ1) is 13.6. The van der Waals surface area contributed by atoms with Gasteiger partial charge in [0.25, 0.3) is 0 Å². The van der Waals surface area contributed by atoms with Gasteiger partial charge in [-0.1, -0.05) is 0 Å². The van der Waals surface area contributed by atoms with Gasteiger partial charge in [0, 0.05) is 38.1 Å². The number of likely N-dealkylation sites (N-methyl/N-ethyl adjacent to an activating group) is 1. The van der Waals surface area contributed by atoms with E-state index in [1.807, 2.05) is 23.1 Å². The van der Waals surface area contributed by atoms with E-state index in [0.717, 1.165) is 19.0 Å². The van der Waals surface area contributed by atoms with E-state index in [-0.39, 0.29) is 0 Å². The summed E-state index contributed by atoms with van der Waals surface area (Å²) in [6.07, 6.45) is 5.23. The Kier molecular flexibility index (Phi) is 4.78.